The second-order valence-electron chi connectivity index (χ2n) is 7.11. The Labute approximate surface area is 162 Å². The molecule has 0 fully saturated rings. The van der Waals surface area contributed by atoms with Crippen molar-refractivity contribution in [1.82, 2.24) is 4.31 Å². The minimum Gasteiger partial charge on any atom is -0.325 e. The maximum Gasteiger partial charge on any atom is 0.266 e. The summed E-state index contributed by atoms with van der Waals surface area (Å²) in [4.78, 5) is 25.7. The van der Waals surface area contributed by atoms with Crippen LogP contribution in [-0.4, -0.2) is 31.6 Å². The van der Waals surface area contributed by atoms with E-state index in [1.807, 2.05) is 0 Å². The van der Waals surface area contributed by atoms with E-state index < -0.39 is 33.6 Å². The number of hydrogen-bond donors (Lipinski definition) is 1. The van der Waals surface area contributed by atoms with Gasteiger partial charge in [0.15, 0.2) is 0 Å². The molecule has 0 saturated heterocycles. The zero-order chi connectivity index (χ0) is 20.1. The molecule has 1 aliphatic heterocycles. The van der Waals surface area contributed by atoms with Crippen LogP contribution in [0.4, 0.5) is 10.1 Å². The molecule has 2 amide bonds. The van der Waals surface area contributed by atoms with E-state index >= 15 is 0 Å². The van der Waals surface area contributed by atoms with Crippen LogP contribution >= 0.6 is 0 Å². The van der Waals surface area contributed by atoms with Gasteiger partial charge in [0.2, 0.25) is 5.91 Å². The number of aryl methyl sites for hydroxylation is 2. The fourth-order valence-corrected chi connectivity index (χ4v) is 5.22. The van der Waals surface area contributed by atoms with Crippen LogP contribution in [-0.2, 0) is 32.5 Å². The summed E-state index contributed by atoms with van der Waals surface area (Å²) in [5.74, 6) is -3.17. The van der Waals surface area contributed by atoms with E-state index in [1.165, 1.54) is 24.3 Å². The predicted octanol–water partition coefficient (Wildman–Crippen LogP) is 2.59. The van der Waals surface area contributed by atoms with Gasteiger partial charge < -0.3 is 5.32 Å². The molecular formula is C20H19FN2O4S. The van der Waals surface area contributed by atoms with Crippen molar-refractivity contribution in [2.75, 3.05) is 12.4 Å². The van der Waals surface area contributed by atoms with E-state index in [0.717, 1.165) is 43.9 Å². The molecule has 146 valence electrons. The molecule has 1 heterocycles. The maximum absolute atomic E-state index is 13.1. The minimum atomic E-state index is -3.99. The highest BCUT2D eigenvalue weighted by Gasteiger charge is 2.45. The Morgan fingerprint density at radius 2 is 1.71 bits per heavy atom. The molecule has 0 saturated carbocycles. The van der Waals surface area contributed by atoms with Gasteiger partial charge in [-0.2, -0.15) is 0 Å². The lowest BCUT2D eigenvalue weighted by Gasteiger charge is -2.32. The number of carbonyl (C=O) groups is 2. The second kappa shape index (κ2) is 6.70. The van der Waals surface area contributed by atoms with Crippen LogP contribution in [0.15, 0.2) is 41.3 Å². The highest BCUT2D eigenvalue weighted by molar-refractivity contribution is 7.89. The summed E-state index contributed by atoms with van der Waals surface area (Å²) in [7, 11) is -2.83. The Kier molecular flexibility index (Phi) is 4.45. The molecule has 2 aromatic rings. The minimum absolute atomic E-state index is 0.00880. The number of fused-ring (bicyclic) bond motifs is 2. The number of nitrogens with one attached hydrogen (secondary N) is 1. The molecule has 0 aromatic heterocycles. The first kappa shape index (κ1) is 18.6. The van der Waals surface area contributed by atoms with Crippen molar-refractivity contribution in [2.45, 2.75) is 36.5 Å². The molecule has 1 N–H and O–H groups in total. The van der Waals surface area contributed by atoms with E-state index in [1.54, 1.807) is 12.1 Å². The summed E-state index contributed by atoms with van der Waals surface area (Å²) in [6.07, 6.45) is 3.54. The van der Waals surface area contributed by atoms with E-state index in [0.29, 0.717) is 9.99 Å². The number of sulfonamides is 1. The molecule has 0 radical (unpaired) electrons. The molecule has 28 heavy (non-hydrogen) atoms. The van der Waals surface area contributed by atoms with Gasteiger partial charge in [0.05, 0.1) is 4.90 Å². The normalized spacial score (nSPS) is 20.3. The van der Waals surface area contributed by atoms with Crippen LogP contribution in [0.2, 0.25) is 0 Å². The molecule has 2 aliphatic rings. The lowest BCUT2D eigenvalue weighted by Crippen LogP contribution is -2.46. The topological polar surface area (TPSA) is 83.6 Å². The van der Waals surface area contributed by atoms with E-state index in [2.05, 4.69) is 5.32 Å². The Balaban J connectivity index is 1.80. The fraction of sp³-hybridized carbons (Fsp3) is 0.300. The molecule has 1 aliphatic carbocycles. The molecule has 0 spiro atoms. The molecule has 2 aromatic carbocycles. The maximum atomic E-state index is 13.1. The standard InChI is InChI=1S/C20H19FN2O4S/c1-23-20(25)18(19(24)22-15-8-6-14(21)7-9-15)16-10-12-4-2-3-5-13(12)11-17(16)28(23,26)27/h6-11,18H,2-5H2,1H3,(H,22,24). The second-order valence-corrected chi connectivity index (χ2v) is 9.04. The highest BCUT2D eigenvalue weighted by Crippen LogP contribution is 2.38. The summed E-state index contributed by atoms with van der Waals surface area (Å²) in [6, 6.07) is 8.46. The van der Waals surface area contributed by atoms with Crippen molar-refractivity contribution in [2.24, 2.45) is 0 Å². The first-order valence-electron chi connectivity index (χ1n) is 9.04. The van der Waals surface area contributed by atoms with E-state index in [4.69, 9.17) is 0 Å². The Morgan fingerprint density at radius 1 is 1.11 bits per heavy atom. The van der Waals surface area contributed by atoms with Crippen LogP contribution in [0.25, 0.3) is 0 Å². The average Bonchev–Trinajstić information content (AvgIpc) is 2.67. The number of carbonyl (C=O) groups excluding carboxylic acids is 2. The van der Waals surface area contributed by atoms with Gasteiger partial charge in [-0.1, -0.05) is 6.07 Å². The predicted molar refractivity (Wildman–Crippen MR) is 101 cm³/mol. The summed E-state index contributed by atoms with van der Waals surface area (Å²) >= 11 is 0. The number of likely N-dealkylation sites (N-methyl/N-ethyl adjacent to an activating group) is 1. The van der Waals surface area contributed by atoms with Gasteiger partial charge in [0.1, 0.15) is 11.7 Å². The van der Waals surface area contributed by atoms with Gasteiger partial charge in [0, 0.05) is 12.7 Å². The molecule has 8 heteroatoms. The third-order valence-corrected chi connectivity index (χ3v) is 7.17. The summed E-state index contributed by atoms with van der Waals surface area (Å²) < 4.78 is 39.3. The quantitative estimate of drug-likeness (QED) is 0.783. The number of benzene rings is 2. The first-order chi connectivity index (χ1) is 13.3. The Morgan fingerprint density at radius 3 is 2.36 bits per heavy atom. The zero-order valence-corrected chi connectivity index (χ0v) is 16.1. The zero-order valence-electron chi connectivity index (χ0n) is 15.2. The van der Waals surface area contributed by atoms with Crippen LogP contribution in [0.1, 0.15) is 35.4 Å². The summed E-state index contributed by atoms with van der Waals surface area (Å²) in [5.41, 5.74) is 2.48. The van der Waals surface area contributed by atoms with Crippen molar-refractivity contribution in [1.29, 1.82) is 0 Å². The first-order valence-corrected chi connectivity index (χ1v) is 10.5. The van der Waals surface area contributed by atoms with Gasteiger partial charge in [-0.05, 0) is 72.7 Å². The molecule has 1 unspecified atom stereocenters. The number of hydrogen-bond acceptors (Lipinski definition) is 4. The molecule has 0 bridgehead atoms. The van der Waals surface area contributed by atoms with Crippen LogP contribution < -0.4 is 5.32 Å². The average molecular weight is 402 g/mol. The number of rotatable bonds is 2. The van der Waals surface area contributed by atoms with Crippen LogP contribution in [0, 0.1) is 5.82 Å². The highest BCUT2D eigenvalue weighted by atomic mass is 32.2. The van der Waals surface area contributed by atoms with Gasteiger partial charge in [-0.15, -0.1) is 0 Å². The molecule has 6 nitrogen and oxygen atoms in total. The Hall–Kier alpha value is -2.74. The van der Waals surface area contributed by atoms with Crippen LogP contribution in [0.5, 0.6) is 0 Å². The lowest BCUT2D eigenvalue weighted by atomic mass is 9.86. The van der Waals surface area contributed by atoms with Crippen molar-refractivity contribution in [3.63, 3.8) is 0 Å². The van der Waals surface area contributed by atoms with Gasteiger partial charge in [-0.3, -0.25) is 9.59 Å². The van der Waals surface area contributed by atoms with Crippen molar-refractivity contribution < 1.29 is 22.4 Å². The number of anilines is 1. The van der Waals surface area contributed by atoms with Gasteiger partial charge in [0.25, 0.3) is 15.9 Å². The van der Waals surface area contributed by atoms with Gasteiger partial charge in [-0.25, -0.2) is 17.1 Å². The molecular weight excluding hydrogens is 383 g/mol. The van der Waals surface area contributed by atoms with Crippen molar-refractivity contribution in [3.8, 4) is 0 Å². The van der Waals surface area contributed by atoms with E-state index in [-0.39, 0.29) is 10.5 Å². The number of nitrogens with zero attached hydrogens (tertiary/aromatic N) is 1. The number of amides is 2. The smallest absolute Gasteiger partial charge is 0.266 e. The molecule has 1 atom stereocenters. The van der Waals surface area contributed by atoms with Crippen molar-refractivity contribution in [3.05, 3.63) is 58.9 Å². The largest absolute Gasteiger partial charge is 0.325 e. The van der Waals surface area contributed by atoms with Crippen molar-refractivity contribution >= 4 is 27.5 Å². The van der Waals surface area contributed by atoms with Gasteiger partial charge >= 0.3 is 0 Å². The van der Waals surface area contributed by atoms with Crippen LogP contribution in [0.3, 0.4) is 0 Å². The SMILES string of the molecule is CN1C(=O)C(C(=O)Nc2ccc(F)cc2)c2cc3c(cc2S1(=O)=O)CCCC3. The Bertz CT molecular complexity index is 1080. The third-order valence-electron chi connectivity index (χ3n) is 5.35. The number of halogens is 1. The summed E-state index contributed by atoms with van der Waals surface area (Å²) in [6.45, 7) is 0. The lowest BCUT2D eigenvalue weighted by molar-refractivity contribution is -0.132. The third kappa shape index (κ3) is 2.97. The van der Waals surface area contributed by atoms with E-state index in [9.17, 15) is 22.4 Å². The molecule has 4 rings (SSSR count). The fourth-order valence-electron chi connectivity index (χ4n) is 3.81. The monoisotopic (exact) mass is 402 g/mol. The summed E-state index contributed by atoms with van der Waals surface area (Å²) in [5, 5.41) is 2.59.